The second-order valence-electron chi connectivity index (χ2n) is 6.84. The molecule has 2 unspecified atom stereocenters. The minimum absolute atomic E-state index is 0.104. The zero-order chi connectivity index (χ0) is 21.2. The molecule has 0 radical (unpaired) electrons. The normalized spacial score (nSPS) is 16.1. The van der Waals surface area contributed by atoms with Crippen LogP contribution < -0.4 is 10.0 Å². The Morgan fingerprint density at radius 3 is 2.41 bits per heavy atom. The van der Waals surface area contributed by atoms with Gasteiger partial charge in [-0.3, -0.25) is 4.79 Å². The van der Waals surface area contributed by atoms with E-state index >= 15 is 0 Å². The average molecular weight is 424 g/mol. The van der Waals surface area contributed by atoms with Gasteiger partial charge in [0.25, 0.3) is 15.9 Å². The van der Waals surface area contributed by atoms with Gasteiger partial charge in [-0.25, -0.2) is 22.3 Å². The summed E-state index contributed by atoms with van der Waals surface area (Å²) >= 11 is 0. The largest absolute Gasteiger partial charge is 0.447 e. The summed E-state index contributed by atoms with van der Waals surface area (Å²) in [5, 5.41) is 2.26. The van der Waals surface area contributed by atoms with Crippen molar-refractivity contribution < 1.29 is 31.6 Å². The first-order chi connectivity index (χ1) is 13.7. The van der Waals surface area contributed by atoms with E-state index in [9.17, 15) is 22.4 Å². The smallest absolute Gasteiger partial charge is 0.375 e. The summed E-state index contributed by atoms with van der Waals surface area (Å²) in [6.45, 7) is 3.08. The van der Waals surface area contributed by atoms with E-state index in [-0.39, 0.29) is 17.6 Å². The minimum Gasteiger partial charge on any atom is -0.447 e. The maximum atomic E-state index is 13.0. The van der Waals surface area contributed by atoms with Crippen molar-refractivity contribution >= 4 is 21.9 Å². The topological polar surface area (TPSA) is 115 Å². The SMILES string of the molecule is CC(OC(=O)c1ccc(S(=O)(=O)NC2CC2)o1)C(=O)NC(C)c1ccc(F)cc1. The van der Waals surface area contributed by atoms with Crippen molar-refractivity contribution in [3.05, 3.63) is 53.5 Å². The first-order valence-electron chi connectivity index (χ1n) is 9.04. The maximum Gasteiger partial charge on any atom is 0.375 e. The van der Waals surface area contributed by atoms with Gasteiger partial charge in [0.2, 0.25) is 10.9 Å². The molecular formula is C19H21FN2O6S. The lowest BCUT2D eigenvalue weighted by atomic mass is 10.1. The number of esters is 1. The van der Waals surface area contributed by atoms with Crippen molar-refractivity contribution in [2.24, 2.45) is 0 Å². The molecule has 2 aromatic rings. The molecule has 2 N–H and O–H groups in total. The van der Waals surface area contributed by atoms with Gasteiger partial charge in [-0.2, -0.15) is 0 Å². The molecule has 29 heavy (non-hydrogen) atoms. The number of benzene rings is 1. The second kappa shape index (κ2) is 8.34. The van der Waals surface area contributed by atoms with Crippen LogP contribution in [0.5, 0.6) is 0 Å². The third-order valence-electron chi connectivity index (χ3n) is 4.33. The van der Waals surface area contributed by atoms with Crippen LogP contribution >= 0.6 is 0 Å². The van der Waals surface area contributed by atoms with Gasteiger partial charge in [0.1, 0.15) is 5.82 Å². The van der Waals surface area contributed by atoms with E-state index in [2.05, 4.69) is 10.0 Å². The molecule has 8 nitrogen and oxygen atoms in total. The van der Waals surface area contributed by atoms with Crippen LogP contribution in [0, 0.1) is 5.82 Å². The molecule has 0 aliphatic heterocycles. The molecule has 3 rings (SSSR count). The van der Waals surface area contributed by atoms with Crippen LogP contribution in [0.25, 0.3) is 0 Å². The van der Waals surface area contributed by atoms with Gasteiger partial charge in [-0.1, -0.05) is 12.1 Å². The molecule has 156 valence electrons. The predicted molar refractivity (Wildman–Crippen MR) is 99.9 cm³/mol. The Morgan fingerprint density at radius 2 is 1.79 bits per heavy atom. The zero-order valence-corrected chi connectivity index (χ0v) is 16.7. The van der Waals surface area contributed by atoms with Crippen LogP contribution in [-0.2, 0) is 19.6 Å². The summed E-state index contributed by atoms with van der Waals surface area (Å²) in [6.07, 6.45) is 0.371. The Morgan fingerprint density at radius 1 is 1.14 bits per heavy atom. The fourth-order valence-corrected chi connectivity index (χ4v) is 3.73. The van der Waals surface area contributed by atoms with Crippen molar-refractivity contribution in [3.8, 4) is 0 Å². The molecule has 1 aliphatic rings. The molecule has 1 aromatic carbocycles. The average Bonchev–Trinajstić information content (AvgIpc) is 3.31. The highest BCUT2D eigenvalue weighted by Crippen LogP contribution is 2.23. The molecule has 1 amide bonds. The Hall–Kier alpha value is -2.72. The first-order valence-corrected chi connectivity index (χ1v) is 10.5. The Bertz CT molecular complexity index is 998. The maximum absolute atomic E-state index is 13.0. The van der Waals surface area contributed by atoms with E-state index in [1.807, 2.05) is 0 Å². The van der Waals surface area contributed by atoms with Gasteiger partial charge in [0, 0.05) is 6.04 Å². The van der Waals surface area contributed by atoms with Gasteiger partial charge >= 0.3 is 5.97 Å². The molecule has 1 saturated carbocycles. The van der Waals surface area contributed by atoms with Crippen molar-refractivity contribution in [2.75, 3.05) is 0 Å². The van der Waals surface area contributed by atoms with Crippen molar-refractivity contribution in [1.29, 1.82) is 0 Å². The van der Waals surface area contributed by atoms with E-state index in [1.54, 1.807) is 6.92 Å². The summed E-state index contributed by atoms with van der Waals surface area (Å²) in [4.78, 5) is 24.4. The van der Waals surface area contributed by atoms with Crippen LogP contribution in [0.1, 0.15) is 48.8 Å². The van der Waals surface area contributed by atoms with Gasteiger partial charge < -0.3 is 14.5 Å². The summed E-state index contributed by atoms with van der Waals surface area (Å²) in [7, 11) is -3.83. The number of nitrogens with one attached hydrogen (secondary N) is 2. The number of halogens is 1. The minimum atomic E-state index is -3.83. The molecule has 0 bridgehead atoms. The Labute approximate surface area is 167 Å². The molecule has 0 saturated heterocycles. The van der Waals surface area contributed by atoms with Crippen LogP contribution in [0.2, 0.25) is 0 Å². The molecule has 2 atom stereocenters. The van der Waals surface area contributed by atoms with Crippen LogP contribution in [-0.4, -0.2) is 32.4 Å². The summed E-state index contributed by atoms with van der Waals surface area (Å²) in [5.41, 5.74) is 0.683. The summed E-state index contributed by atoms with van der Waals surface area (Å²) in [5.74, 6) is -2.24. The standard InChI is InChI=1S/C19H21FN2O6S/c1-11(13-3-5-14(20)6-4-13)21-18(23)12(2)27-19(24)16-9-10-17(28-16)29(25,26)22-15-7-8-15/h3-6,9-12,15,22H,7-8H2,1-2H3,(H,21,23). The highest BCUT2D eigenvalue weighted by atomic mass is 32.2. The quantitative estimate of drug-likeness (QED) is 0.629. The number of hydrogen-bond donors (Lipinski definition) is 2. The van der Waals surface area contributed by atoms with E-state index in [1.165, 1.54) is 37.3 Å². The van der Waals surface area contributed by atoms with Crippen molar-refractivity contribution in [3.63, 3.8) is 0 Å². The number of furan rings is 1. The first kappa shape index (κ1) is 21.0. The predicted octanol–water partition coefficient (Wildman–Crippen LogP) is 2.28. The summed E-state index contributed by atoms with van der Waals surface area (Å²) < 4.78 is 49.7. The number of carbonyl (C=O) groups excluding carboxylic acids is 2. The van der Waals surface area contributed by atoms with E-state index < -0.39 is 39.1 Å². The highest BCUT2D eigenvalue weighted by Gasteiger charge is 2.31. The lowest BCUT2D eigenvalue weighted by molar-refractivity contribution is -0.129. The Kier molecular flexibility index (Phi) is 6.04. The lowest BCUT2D eigenvalue weighted by Gasteiger charge is -2.18. The number of rotatable bonds is 8. The van der Waals surface area contributed by atoms with Gasteiger partial charge in [0.15, 0.2) is 6.10 Å². The number of amides is 1. The Balaban J connectivity index is 1.57. The van der Waals surface area contributed by atoms with Crippen molar-refractivity contribution in [1.82, 2.24) is 10.0 Å². The van der Waals surface area contributed by atoms with Gasteiger partial charge in [-0.15, -0.1) is 0 Å². The second-order valence-corrected chi connectivity index (χ2v) is 8.49. The van der Waals surface area contributed by atoms with Crippen LogP contribution in [0.4, 0.5) is 4.39 Å². The molecule has 1 aliphatic carbocycles. The van der Waals surface area contributed by atoms with Gasteiger partial charge in [0.05, 0.1) is 6.04 Å². The number of ether oxygens (including phenoxy) is 1. The van der Waals surface area contributed by atoms with Crippen LogP contribution in [0.15, 0.2) is 45.9 Å². The molecule has 1 aromatic heterocycles. The summed E-state index contributed by atoms with van der Waals surface area (Å²) in [6, 6.07) is 7.43. The lowest BCUT2D eigenvalue weighted by Crippen LogP contribution is -2.37. The molecule has 10 heteroatoms. The molecule has 1 fully saturated rings. The van der Waals surface area contributed by atoms with Gasteiger partial charge in [-0.05, 0) is 56.5 Å². The zero-order valence-electron chi connectivity index (χ0n) is 15.8. The third kappa shape index (κ3) is 5.42. The van der Waals surface area contributed by atoms with E-state index in [0.29, 0.717) is 5.56 Å². The number of carbonyl (C=O) groups is 2. The molecule has 0 spiro atoms. The van der Waals surface area contributed by atoms with E-state index in [4.69, 9.17) is 9.15 Å². The molecule has 1 heterocycles. The number of hydrogen-bond acceptors (Lipinski definition) is 6. The third-order valence-corrected chi connectivity index (χ3v) is 5.72. The fraction of sp³-hybridized carbons (Fsp3) is 0.368. The number of sulfonamides is 1. The van der Waals surface area contributed by atoms with E-state index in [0.717, 1.165) is 18.9 Å². The monoisotopic (exact) mass is 424 g/mol. The van der Waals surface area contributed by atoms with Crippen LogP contribution in [0.3, 0.4) is 0 Å². The fourth-order valence-electron chi connectivity index (χ4n) is 2.49. The molecular weight excluding hydrogens is 403 g/mol. The van der Waals surface area contributed by atoms with Crippen molar-refractivity contribution in [2.45, 2.75) is 50.0 Å². The highest BCUT2D eigenvalue weighted by molar-refractivity contribution is 7.89.